The number of nitrogens with zero attached hydrogens (tertiary/aromatic N) is 4. The second-order valence-corrected chi connectivity index (χ2v) is 6.57. The fraction of sp³-hybridized carbons (Fsp3) is 0.500. The first-order chi connectivity index (χ1) is 13.7. The minimum absolute atomic E-state index is 0.0290. The molecule has 12 nitrogen and oxygen atoms in total. The maximum absolute atomic E-state index is 11.7. The third-order valence-electron chi connectivity index (χ3n) is 4.01. The molecule has 2 aromatic rings. The van der Waals surface area contributed by atoms with Gasteiger partial charge in [0.15, 0.2) is 29.2 Å². The Balaban J connectivity index is 2.04. The van der Waals surface area contributed by atoms with Crippen molar-refractivity contribution in [2.24, 2.45) is 0 Å². The van der Waals surface area contributed by atoms with Gasteiger partial charge < -0.3 is 24.7 Å². The molecule has 3 rings (SSSR count). The van der Waals surface area contributed by atoms with Crippen LogP contribution in [0.4, 0.5) is 5.95 Å². The van der Waals surface area contributed by atoms with Crippen LogP contribution < -0.4 is 5.73 Å². The molecule has 1 saturated heterocycles. The van der Waals surface area contributed by atoms with Crippen LogP contribution in [-0.4, -0.2) is 62.3 Å². The molecule has 0 bridgehead atoms. The number of hydrogen-bond acceptors (Lipinski definition) is 11. The summed E-state index contributed by atoms with van der Waals surface area (Å²) in [6, 6.07) is 0. The van der Waals surface area contributed by atoms with E-state index in [4.69, 9.17) is 36.3 Å². The van der Waals surface area contributed by atoms with Crippen LogP contribution in [0.15, 0.2) is 6.33 Å². The number of imidazole rings is 1. The summed E-state index contributed by atoms with van der Waals surface area (Å²) in [6.45, 7) is 3.39. The van der Waals surface area contributed by atoms with Crippen LogP contribution in [0, 0.1) is 0 Å². The van der Waals surface area contributed by atoms with Crippen molar-refractivity contribution < 1.29 is 33.3 Å². The summed E-state index contributed by atoms with van der Waals surface area (Å²) in [7, 11) is 0. The van der Waals surface area contributed by atoms with Crippen molar-refractivity contribution in [1.29, 1.82) is 0 Å². The molecule has 0 unspecified atom stereocenters. The quantitative estimate of drug-likeness (QED) is 0.399. The van der Waals surface area contributed by atoms with E-state index < -0.39 is 42.4 Å². The third kappa shape index (κ3) is 4.38. The molecular formula is C16H18ClN5O7. The van der Waals surface area contributed by atoms with E-state index in [-0.39, 0.29) is 28.9 Å². The van der Waals surface area contributed by atoms with E-state index in [1.54, 1.807) is 0 Å². The SMILES string of the molecule is CC(=O)OC[C@H]1O[C@@H](n2cnc3c(Cl)nc(N)nc32)[C@@H](OC(C)=O)[C@H]1OC(C)=O. The lowest BCUT2D eigenvalue weighted by Crippen LogP contribution is -2.40. The Hall–Kier alpha value is -2.99. The number of nitrogens with two attached hydrogens (primary N) is 1. The van der Waals surface area contributed by atoms with Gasteiger partial charge in [-0.15, -0.1) is 0 Å². The molecule has 2 N–H and O–H groups in total. The van der Waals surface area contributed by atoms with E-state index in [9.17, 15) is 14.4 Å². The van der Waals surface area contributed by atoms with Gasteiger partial charge in [0, 0.05) is 20.8 Å². The predicted octanol–water partition coefficient (Wildman–Crippen LogP) is 0.386. The molecule has 0 radical (unpaired) electrons. The zero-order valence-corrected chi connectivity index (χ0v) is 16.5. The normalized spacial score (nSPS) is 23.7. The average Bonchev–Trinajstić information content (AvgIpc) is 3.15. The Bertz CT molecular complexity index is 965. The van der Waals surface area contributed by atoms with Crippen LogP contribution in [-0.2, 0) is 33.3 Å². The number of rotatable bonds is 5. The highest BCUT2D eigenvalue weighted by Crippen LogP contribution is 2.36. The summed E-state index contributed by atoms with van der Waals surface area (Å²) >= 11 is 6.05. The maximum atomic E-state index is 11.7. The molecule has 2 aromatic heterocycles. The van der Waals surface area contributed by atoms with Crippen LogP contribution >= 0.6 is 11.6 Å². The number of esters is 3. The Morgan fingerprint density at radius 3 is 2.41 bits per heavy atom. The Morgan fingerprint density at radius 1 is 1.14 bits per heavy atom. The first-order valence-electron chi connectivity index (χ1n) is 8.46. The molecule has 1 fully saturated rings. The van der Waals surface area contributed by atoms with Gasteiger partial charge in [0.25, 0.3) is 0 Å². The zero-order valence-electron chi connectivity index (χ0n) is 15.7. The lowest BCUT2D eigenvalue weighted by molar-refractivity contribution is -0.166. The van der Waals surface area contributed by atoms with E-state index in [1.807, 2.05) is 0 Å². The number of hydrogen-bond donors (Lipinski definition) is 1. The first-order valence-corrected chi connectivity index (χ1v) is 8.84. The van der Waals surface area contributed by atoms with Crippen LogP contribution in [0.1, 0.15) is 27.0 Å². The van der Waals surface area contributed by atoms with Crippen molar-refractivity contribution in [1.82, 2.24) is 19.5 Å². The smallest absolute Gasteiger partial charge is 0.303 e. The van der Waals surface area contributed by atoms with Crippen LogP contribution in [0.3, 0.4) is 0 Å². The highest BCUT2D eigenvalue weighted by Gasteiger charge is 2.51. The Morgan fingerprint density at radius 2 is 1.79 bits per heavy atom. The predicted molar refractivity (Wildman–Crippen MR) is 96.4 cm³/mol. The lowest BCUT2D eigenvalue weighted by Gasteiger charge is -2.23. The first kappa shape index (κ1) is 20.7. The van der Waals surface area contributed by atoms with Crippen molar-refractivity contribution in [3.05, 3.63) is 11.5 Å². The molecule has 0 amide bonds. The van der Waals surface area contributed by atoms with Gasteiger partial charge in [-0.05, 0) is 0 Å². The van der Waals surface area contributed by atoms with Gasteiger partial charge in [-0.2, -0.15) is 9.97 Å². The molecule has 0 aromatic carbocycles. The Labute approximate surface area is 169 Å². The summed E-state index contributed by atoms with van der Waals surface area (Å²) in [5.41, 5.74) is 6.14. The number of carbonyl (C=O) groups excluding carboxylic acids is 3. The van der Waals surface area contributed by atoms with E-state index in [0.717, 1.165) is 0 Å². The number of anilines is 1. The molecule has 1 aliphatic rings. The van der Waals surface area contributed by atoms with Gasteiger partial charge >= 0.3 is 17.9 Å². The van der Waals surface area contributed by atoms with Crippen molar-refractivity contribution in [3.8, 4) is 0 Å². The van der Waals surface area contributed by atoms with Crippen molar-refractivity contribution >= 4 is 46.6 Å². The average molecular weight is 428 g/mol. The fourth-order valence-corrected chi connectivity index (χ4v) is 3.22. The second kappa shape index (κ2) is 8.17. The molecule has 4 atom stereocenters. The molecule has 1 aliphatic heterocycles. The minimum atomic E-state index is -1.08. The molecule has 0 aliphatic carbocycles. The summed E-state index contributed by atoms with van der Waals surface area (Å²) in [5, 5.41) is 0.0290. The summed E-state index contributed by atoms with van der Waals surface area (Å²) in [6.07, 6.45) is -2.70. The lowest BCUT2D eigenvalue weighted by atomic mass is 10.1. The number of ether oxygens (including phenoxy) is 4. The zero-order chi connectivity index (χ0) is 21.3. The molecule has 0 saturated carbocycles. The van der Waals surface area contributed by atoms with Crippen LogP contribution in [0.5, 0.6) is 0 Å². The van der Waals surface area contributed by atoms with Crippen molar-refractivity contribution in [3.63, 3.8) is 0 Å². The van der Waals surface area contributed by atoms with E-state index >= 15 is 0 Å². The van der Waals surface area contributed by atoms with Gasteiger partial charge in [0.05, 0.1) is 6.33 Å². The topological polar surface area (TPSA) is 158 Å². The molecule has 156 valence electrons. The maximum Gasteiger partial charge on any atom is 0.303 e. The van der Waals surface area contributed by atoms with Crippen LogP contribution in [0.2, 0.25) is 5.15 Å². The molecular weight excluding hydrogens is 410 g/mol. The largest absolute Gasteiger partial charge is 0.463 e. The molecule has 29 heavy (non-hydrogen) atoms. The van der Waals surface area contributed by atoms with E-state index in [2.05, 4.69) is 15.0 Å². The number of halogens is 1. The van der Waals surface area contributed by atoms with Gasteiger partial charge in [0.1, 0.15) is 18.2 Å². The van der Waals surface area contributed by atoms with E-state index in [0.29, 0.717) is 0 Å². The van der Waals surface area contributed by atoms with E-state index in [1.165, 1.54) is 31.7 Å². The summed E-state index contributed by atoms with van der Waals surface area (Å²) in [4.78, 5) is 46.6. The Kier molecular flexibility index (Phi) is 5.84. The molecule has 3 heterocycles. The van der Waals surface area contributed by atoms with Gasteiger partial charge in [-0.3, -0.25) is 19.0 Å². The number of nitrogen functional groups attached to an aromatic ring is 1. The summed E-state index contributed by atoms with van der Waals surface area (Å²) in [5.74, 6) is -1.91. The fourth-order valence-electron chi connectivity index (χ4n) is 3.00. The molecule has 0 spiro atoms. The van der Waals surface area contributed by atoms with Crippen molar-refractivity contribution in [2.75, 3.05) is 12.3 Å². The second-order valence-electron chi connectivity index (χ2n) is 6.21. The minimum Gasteiger partial charge on any atom is -0.463 e. The summed E-state index contributed by atoms with van der Waals surface area (Å²) < 4.78 is 23.0. The number of fused-ring (bicyclic) bond motifs is 1. The van der Waals surface area contributed by atoms with Crippen molar-refractivity contribution in [2.45, 2.75) is 45.3 Å². The number of carbonyl (C=O) groups is 3. The van der Waals surface area contributed by atoms with Gasteiger partial charge in [0.2, 0.25) is 5.95 Å². The van der Waals surface area contributed by atoms with Gasteiger partial charge in [-0.1, -0.05) is 11.6 Å². The standard InChI is InChI=1S/C16H18ClN5O7/c1-6(23)26-4-9-11(27-7(2)24)12(28-8(3)25)15(29-9)22-5-19-10-13(17)20-16(18)21-14(10)22/h5,9,11-12,15H,4H2,1-3H3,(H2,18,20,21)/t9-,11+,12+,15-/m1/s1. The third-order valence-corrected chi connectivity index (χ3v) is 4.27. The monoisotopic (exact) mass is 427 g/mol. The van der Waals surface area contributed by atoms with Crippen LogP contribution in [0.25, 0.3) is 11.2 Å². The molecule has 13 heteroatoms. The highest BCUT2D eigenvalue weighted by atomic mass is 35.5. The van der Waals surface area contributed by atoms with Gasteiger partial charge in [-0.25, -0.2) is 4.98 Å². The highest BCUT2D eigenvalue weighted by molar-refractivity contribution is 6.33. The number of aromatic nitrogens is 4.